The third-order valence-electron chi connectivity index (χ3n) is 3.35. The normalized spacial score (nSPS) is 11.7. The molecule has 1 heterocycles. The standard InChI is InChI=1S/C20H19N3O3/c1-20(2,3)26-19(24)25-16-12-11-14-8-4-5-9-15(14)18(16)23-22-17-10-6-7-13-21-17/h4-13H,1-3H3. The van der Waals surface area contributed by atoms with Gasteiger partial charge in [0, 0.05) is 11.6 Å². The number of ether oxygens (including phenoxy) is 2. The molecule has 26 heavy (non-hydrogen) atoms. The predicted molar refractivity (Wildman–Crippen MR) is 99.2 cm³/mol. The number of fused-ring (bicyclic) bond motifs is 1. The molecule has 0 bridgehead atoms. The topological polar surface area (TPSA) is 73.1 Å². The van der Waals surface area contributed by atoms with E-state index in [2.05, 4.69) is 15.2 Å². The van der Waals surface area contributed by atoms with Gasteiger partial charge in [0.15, 0.2) is 11.6 Å². The van der Waals surface area contributed by atoms with Crippen molar-refractivity contribution < 1.29 is 14.3 Å². The van der Waals surface area contributed by atoms with Crippen molar-refractivity contribution in [1.29, 1.82) is 0 Å². The number of pyridine rings is 1. The van der Waals surface area contributed by atoms with Gasteiger partial charge in [-0.2, -0.15) is 0 Å². The van der Waals surface area contributed by atoms with Crippen molar-refractivity contribution in [3.63, 3.8) is 0 Å². The van der Waals surface area contributed by atoms with Crippen LogP contribution in [0.25, 0.3) is 10.8 Å². The van der Waals surface area contributed by atoms with Crippen molar-refractivity contribution in [2.75, 3.05) is 0 Å². The monoisotopic (exact) mass is 349 g/mol. The van der Waals surface area contributed by atoms with E-state index in [0.29, 0.717) is 11.5 Å². The lowest BCUT2D eigenvalue weighted by Gasteiger charge is -2.19. The average Bonchev–Trinajstić information content (AvgIpc) is 2.60. The van der Waals surface area contributed by atoms with Gasteiger partial charge in [0.05, 0.1) is 0 Å². The Morgan fingerprint density at radius 1 is 0.962 bits per heavy atom. The van der Waals surface area contributed by atoms with Gasteiger partial charge < -0.3 is 9.47 Å². The summed E-state index contributed by atoms with van der Waals surface area (Å²) in [5.74, 6) is 0.737. The van der Waals surface area contributed by atoms with E-state index in [1.165, 1.54) is 0 Å². The Hall–Kier alpha value is -3.28. The fourth-order valence-corrected chi connectivity index (χ4v) is 2.30. The van der Waals surface area contributed by atoms with Gasteiger partial charge in [-0.25, -0.2) is 9.78 Å². The lowest BCUT2D eigenvalue weighted by molar-refractivity contribution is 0.0207. The quantitative estimate of drug-likeness (QED) is 0.332. The number of hydrogen-bond donors (Lipinski definition) is 0. The van der Waals surface area contributed by atoms with Crippen molar-refractivity contribution in [3.05, 3.63) is 60.8 Å². The summed E-state index contributed by atoms with van der Waals surface area (Å²) in [4.78, 5) is 16.2. The molecule has 2 aromatic carbocycles. The minimum atomic E-state index is -0.790. The smallest absolute Gasteiger partial charge is 0.428 e. The molecular formula is C20H19N3O3. The molecule has 1 aromatic heterocycles. The molecular weight excluding hydrogens is 330 g/mol. The number of rotatable bonds is 3. The Kier molecular flexibility index (Phi) is 4.93. The van der Waals surface area contributed by atoms with Crippen molar-refractivity contribution in [2.24, 2.45) is 10.2 Å². The predicted octanol–water partition coefficient (Wildman–Crippen LogP) is 5.96. The molecule has 0 radical (unpaired) electrons. The van der Waals surface area contributed by atoms with Crippen LogP contribution in [0.3, 0.4) is 0 Å². The van der Waals surface area contributed by atoms with E-state index in [0.717, 1.165) is 10.8 Å². The summed E-state index contributed by atoms with van der Waals surface area (Å²) < 4.78 is 10.6. The van der Waals surface area contributed by atoms with Gasteiger partial charge in [-0.05, 0) is 44.4 Å². The van der Waals surface area contributed by atoms with Crippen LogP contribution in [0.5, 0.6) is 5.75 Å². The van der Waals surface area contributed by atoms with Crippen LogP contribution in [0.15, 0.2) is 71.0 Å². The highest BCUT2D eigenvalue weighted by Gasteiger charge is 2.20. The molecule has 6 heteroatoms. The first-order chi connectivity index (χ1) is 12.4. The summed E-state index contributed by atoms with van der Waals surface area (Å²) in [7, 11) is 0. The van der Waals surface area contributed by atoms with Gasteiger partial charge in [-0.1, -0.05) is 36.4 Å². The summed E-state index contributed by atoms with van der Waals surface area (Å²) in [5.41, 5.74) is -0.205. The molecule has 0 aliphatic carbocycles. The molecule has 132 valence electrons. The van der Waals surface area contributed by atoms with Crippen molar-refractivity contribution in [3.8, 4) is 5.75 Å². The van der Waals surface area contributed by atoms with Gasteiger partial charge in [-0.15, -0.1) is 10.2 Å². The summed E-state index contributed by atoms with van der Waals surface area (Å²) >= 11 is 0. The van der Waals surface area contributed by atoms with Crippen LogP contribution in [-0.2, 0) is 4.74 Å². The first-order valence-electron chi connectivity index (χ1n) is 8.18. The average molecular weight is 349 g/mol. The lowest BCUT2D eigenvalue weighted by atomic mass is 10.1. The van der Waals surface area contributed by atoms with Gasteiger partial charge >= 0.3 is 6.16 Å². The zero-order valence-corrected chi connectivity index (χ0v) is 14.8. The van der Waals surface area contributed by atoms with Gasteiger partial charge in [0.1, 0.15) is 11.3 Å². The van der Waals surface area contributed by atoms with E-state index >= 15 is 0 Å². The zero-order valence-electron chi connectivity index (χ0n) is 14.8. The number of hydrogen-bond acceptors (Lipinski definition) is 6. The van der Waals surface area contributed by atoms with Crippen molar-refractivity contribution in [1.82, 2.24) is 4.98 Å². The number of nitrogens with zero attached hydrogens (tertiary/aromatic N) is 3. The molecule has 0 unspecified atom stereocenters. The van der Waals surface area contributed by atoms with Gasteiger partial charge in [-0.3, -0.25) is 0 Å². The third-order valence-corrected chi connectivity index (χ3v) is 3.35. The highest BCUT2D eigenvalue weighted by atomic mass is 16.7. The maximum absolute atomic E-state index is 12.1. The molecule has 3 aromatic rings. The second kappa shape index (κ2) is 7.31. The molecule has 0 aliphatic rings. The second-order valence-corrected chi connectivity index (χ2v) is 6.59. The van der Waals surface area contributed by atoms with E-state index < -0.39 is 11.8 Å². The Morgan fingerprint density at radius 2 is 1.73 bits per heavy atom. The van der Waals surface area contributed by atoms with E-state index in [1.54, 1.807) is 45.2 Å². The molecule has 0 amide bonds. The molecule has 6 nitrogen and oxygen atoms in total. The van der Waals surface area contributed by atoms with Crippen LogP contribution in [0.4, 0.5) is 16.3 Å². The van der Waals surface area contributed by atoms with E-state index in [1.807, 2.05) is 36.4 Å². The first-order valence-corrected chi connectivity index (χ1v) is 8.18. The maximum Gasteiger partial charge on any atom is 0.514 e. The Bertz CT molecular complexity index is 947. The van der Waals surface area contributed by atoms with Crippen LogP contribution in [0.1, 0.15) is 20.8 Å². The second-order valence-electron chi connectivity index (χ2n) is 6.59. The van der Waals surface area contributed by atoms with Crippen LogP contribution in [-0.4, -0.2) is 16.7 Å². The maximum atomic E-state index is 12.1. The number of carbonyl (C=O) groups is 1. The van der Waals surface area contributed by atoms with Crippen LogP contribution in [0.2, 0.25) is 0 Å². The molecule has 0 aliphatic heterocycles. The zero-order chi connectivity index (χ0) is 18.6. The molecule has 0 fully saturated rings. The number of azo groups is 1. The van der Waals surface area contributed by atoms with Crippen LogP contribution >= 0.6 is 0 Å². The van der Waals surface area contributed by atoms with Gasteiger partial charge in [0.25, 0.3) is 0 Å². The SMILES string of the molecule is CC(C)(C)OC(=O)Oc1ccc2ccccc2c1N=Nc1ccccn1. The summed E-state index contributed by atoms with van der Waals surface area (Å²) in [6.07, 6.45) is 0.845. The molecule has 0 N–H and O–H groups in total. The highest BCUT2D eigenvalue weighted by molar-refractivity contribution is 5.96. The largest absolute Gasteiger partial charge is 0.514 e. The number of carbonyl (C=O) groups excluding carboxylic acids is 1. The Labute approximate surface area is 151 Å². The van der Waals surface area contributed by atoms with E-state index in [-0.39, 0.29) is 5.75 Å². The minimum absolute atomic E-state index is 0.276. The molecule has 0 saturated carbocycles. The first kappa shape index (κ1) is 17.5. The van der Waals surface area contributed by atoms with Crippen molar-refractivity contribution >= 4 is 28.4 Å². The fourth-order valence-electron chi connectivity index (χ4n) is 2.30. The van der Waals surface area contributed by atoms with Crippen LogP contribution < -0.4 is 4.74 Å². The fraction of sp³-hybridized carbons (Fsp3) is 0.200. The van der Waals surface area contributed by atoms with E-state index in [9.17, 15) is 4.79 Å². The van der Waals surface area contributed by atoms with Crippen LogP contribution in [0, 0.1) is 0 Å². The molecule has 3 rings (SSSR count). The third kappa shape index (κ3) is 4.42. The summed E-state index contributed by atoms with van der Waals surface area (Å²) in [6.45, 7) is 5.32. The van der Waals surface area contributed by atoms with Crippen molar-refractivity contribution in [2.45, 2.75) is 26.4 Å². The Balaban J connectivity index is 2.00. The molecule has 0 atom stereocenters. The molecule has 0 spiro atoms. The highest BCUT2D eigenvalue weighted by Crippen LogP contribution is 2.37. The number of benzene rings is 2. The van der Waals surface area contributed by atoms with E-state index in [4.69, 9.17) is 9.47 Å². The molecule has 0 saturated heterocycles. The van der Waals surface area contributed by atoms with Gasteiger partial charge in [0.2, 0.25) is 0 Å². The Morgan fingerprint density at radius 3 is 2.46 bits per heavy atom. The summed E-state index contributed by atoms with van der Waals surface area (Å²) in [5, 5.41) is 10.2. The minimum Gasteiger partial charge on any atom is -0.428 e. The number of aromatic nitrogens is 1. The lowest BCUT2D eigenvalue weighted by Crippen LogP contribution is -2.26. The summed E-state index contributed by atoms with van der Waals surface area (Å²) in [6, 6.07) is 16.6.